The van der Waals surface area contributed by atoms with E-state index < -0.39 is 0 Å². The number of ether oxygens (including phenoxy) is 1. The second-order valence-corrected chi connectivity index (χ2v) is 5.43. The normalized spacial score (nSPS) is 22.1. The number of hydrogen-bond donors (Lipinski definition) is 1. The van der Waals surface area contributed by atoms with E-state index in [0.29, 0.717) is 13.2 Å². The Morgan fingerprint density at radius 1 is 1.37 bits per heavy atom. The summed E-state index contributed by atoms with van der Waals surface area (Å²) >= 11 is 0. The summed E-state index contributed by atoms with van der Waals surface area (Å²) in [4.78, 5) is 25.8. The van der Waals surface area contributed by atoms with Crippen molar-refractivity contribution in [1.82, 2.24) is 10.2 Å². The van der Waals surface area contributed by atoms with E-state index in [9.17, 15) is 9.59 Å². The van der Waals surface area contributed by atoms with Crippen molar-refractivity contribution in [3.8, 4) is 0 Å². The maximum absolute atomic E-state index is 12.0. The lowest BCUT2D eigenvalue weighted by Gasteiger charge is -2.35. The zero-order valence-electron chi connectivity index (χ0n) is 12.4. The van der Waals surface area contributed by atoms with Crippen molar-refractivity contribution in [2.24, 2.45) is 5.92 Å². The molecule has 0 aliphatic carbocycles. The number of amides is 1. The minimum Gasteiger partial charge on any atom is -0.466 e. The Kier molecular flexibility index (Phi) is 6.28. The summed E-state index contributed by atoms with van der Waals surface area (Å²) in [6.07, 6.45) is 1.79. The van der Waals surface area contributed by atoms with E-state index in [1.54, 1.807) is 0 Å². The molecule has 1 saturated heterocycles. The van der Waals surface area contributed by atoms with Crippen LogP contribution >= 0.6 is 0 Å². The van der Waals surface area contributed by atoms with Crippen LogP contribution in [0.2, 0.25) is 0 Å². The fourth-order valence-corrected chi connectivity index (χ4v) is 2.38. The van der Waals surface area contributed by atoms with Gasteiger partial charge in [0.15, 0.2) is 0 Å². The third kappa shape index (κ3) is 4.82. The Hall–Kier alpha value is -1.10. The summed E-state index contributed by atoms with van der Waals surface area (Å²) in [6.45, 7) is 9.50. The molecule has 0 aromatic heterocycles. The summed E-state index contributed by atoms with van der Waals surface area (Å²) < 4.78 is 5.07. The van der Waals surface area contributed by atoms with Gasteiger partial charge in [-0.2, -0.15) is 0 Å². The highest BCUT2D eigenvalue weighted by Gasteiger charge is 2.31. The molecule has 19 heavy (non-hydrogen) atoms. The number of piperidine rings is 1. The molecule has 1 amide bonds. The monoisotopic (exact) mass is 270 g/mol. The van der Waals surface area contributed by atoms with Crippen LogP contribution in [0, 0.1) is 5.92 Å². The number of nitrogens with zero attached hydrogens (tertiary/aromatic N) is 1. The molecule has 110 valence electrons. The van der Waals surface area contributed by atoms with Gasteiger partial charge in [0.05, 0.1) is 18.6 Å². The van der Waals surface area contributed by atoms with Crippen LogP contribution in [-0.2, 0) is 14.3 Å². The molecule has 1 N–H and O–H groups in total. The van der Waals surface area contributed by atoms with Gasteiger partial charge in [-0.15, -0.1) is 0 Å². The lowest BCUT2D eigenvalue weighted by atomic mass is 9.97. The number of nitrogens with one attached hydrogen (secondary N) is 1. The minimum absolute atomic E-state index is 0.0273. The van der Waals surface area contributed by atoms with E-state index in [2.05, 4.69) is 10.2 Å². The molecule has 0 saturated carbocycles. The molecule has 0 aromatic rings. The first kappa shape index (κ1) is 16.0. The first-order valence-corrected chi connectivity index (χ1v) is 7.16. The highest BCUT2D eigenvalue weighted by Crippen LogP contribution is 2.19. The number of likely N-dealkylation sites (tertiary alicyclic amines) is 1. The van der Waals surface area contributed by atoms with Crippen molar-refractivity contribution in [3.63, 3.8) is 0 Å². The van der Waals surface area contributed by atoms with Gasteiger partial charge in [0, 0.05) is 12.6 Å². The van der Waals surface area contributed by atoms with Crippen LogP contribution in [0.15, 0.2) is 0 Å². The molecule has 2 unspecified atom stereocenters. The van der Waals surface area contributed by atoms with Gasteiger partial charge >= 0.3 is 5.97 Å². The molecule has 0 radical (unpaired) electrons. The van der Waals surface area contributed by atoms with E-state index in [-0.39, 0.29) is 29.9 Å². The molecule has 0 spiro atoms. The molecule has 2 atom stereocenters. The van der Waals surface area contributed by atoms with Gasteiger partial charge in [-0.25, -0.2) is 0 Å². The Balaban J connectivity index is 2.54. The van der Waals surface area contributed by atoms with Gasteiger partial charge in [0.1, 0.15) is 0 Å². The molecule has 0 bridgehead atoms. The zero-order chi connectivity index (χ0) is 14.4. The molecule has 1 aliphatic rings. The van der Waals surface area contributed by atoms with Gasteiger partial charge in [-0.05, 0) is 47.1 Å². The number of hydrogen-bond acceptors (Lipinski definition) is 4. The number of rotatable bonds is 5. The van der Waals surface area contributed by atoms with Crippen molar-refractivity contribution in [2.45, 2.75) is 52.6 Å². The second-order valence-electron chi connectivity index (χ2n) is 5.43. The Labute approximate surface area is 115 Å². The highest BCUT2D eigenvalue weighted by atomic mass is 16.5. The van der Waals surface area contributed by atoms with Gasteiger partial charge in [-0.3, -0.25) is 14.5 Å². The SMILES string of the molecule is CCOC(=O)C1CCCN(C(C)C(=O)NC(C)C)C1. The second kappa shape index (κ2) is 7.48. The maximum Gasteiger partial charge on any atom is 0.310 e. The lowest BCUT2D eigenvalue weighted by Crippen LogP contribution is -2.51. The van der Waals surface area contributed by atoms with Gasteiger partial charge in [-0.1, -0.05) is 0 Å². The van der Waals surface area contributed by atoms with Crippen molar-refractivity contribution in [3.05, 3.63) is 0 Å². The zero-order valence-corrected chi connectivity index (χ0v) is 12.4. The van der Waals surface area contributed by atoms with Crippen LogP contribution in [0.4, 0.5) is 0 Å². The standard InChI is InChI=1S/C14H26N2O3/c1-5-19-14(18)12-7-6-8-16(9-12)11(4)13(17)15-10(2)3/h10-12H,5-9H2,1-4H3,(H,15,17). The van der Waals surface area contributed by atoms with Crippen LogP contribution in [0.25, 0.3) is 0 Å². The minimum atomic E-state index is -0.195. The Morgan fingerprint density at radius 3 is 2.63 bits per heavy atom. The van der Waals surface area contributed by atoms with Crippen molar-refractivity contribution in [1.29, 1.82) is 0 Å². The quantitative estimate of drug-likeness (QED) is 0.762. The predicted octanol–water partition coefficient (Wildman–Crippen LogP) is 1.17. The van der Waals surface area contributed by atoms with Crippen LogP contribution in [-0.4, -0.2) is 48.6 Å². The third-order valence-electron chi connectivity index (χ3n) is 3.43. The number of carbonyl (C=O) groups is 2. The molecule has 1 aliphatic heterocycles. The van der Waals surface area contributed by atoms with Crippen LogP contribution < -0.4 is 5.32 Å². The topological polar surface area (TPSA) is 58.6 Å². The summed E-state index contributed by atoms with van der Waals surface area (Å²) in [7, 11) is 0. The summed E-state index contributed by atoms with van der Waals surface area (Å²) in [5, 5.41) is 2.91. The average molecular weight is 270 g/mol. The third-order valence-corrected chi connectivity index (χ3v) is 3.43. The van der Waals surface area contributed by atoms with E-state index in [4.69, 9.17) is 4.74 Å². The predicted molar refractivity (Wildman–Crippen MR) is 73.7 cm³/mol. The fraction of sp³-hybridized carbons (Fsp3) is 0.857. The van der Waals surface area contributed by atoms with Crippen LogP contribution in [0.1, 0.15) is 40.5 Å². The van der Waals surface area contributed by atoms with Crippen molar-refractivity contribution < 1.29 is 14.3 Å². The number of esters is 1. The fourth-order valence-electron chi connectivity index (χ4n) is 2.38. The Bertz CT molecular complexity index is 318. The molecule has 1 heterocycles. The average Bonchev–Trinajstić information content (AvgIpc) is 2.37. The molecule has 5 nitrogen and oxygen atoms in total. The first-order valence-electron chi connectivity index (χ1n) is 7.16. The van der Waals surface area contributed by atoms with Gasteiger partial charge < -0.3 is 10.1 Å². The molecule has 1 fully saturated rings. The Morgan fingerprint density at radius 2 is 2.05 bits per heavy atom. The van der Waals surface area contributed by atoms with E-state index in [1.165, 1.54) is 0 Å². The molecular formula is C14H26N2O3. The lowest BCUT2D eigenvalue weighted by molar-refractivity contribution is -0.151. The van der Waals surface area contributed by atoms with E-state index in [0.717, 1.165) is 19.4 Å². The molecule has 1 rings (SSSR count). The molecular weight excluding hydrogens is 244 g/mol. The summed E-state index contributed by atoms with van der Waals surface area (Å²) in [6, 6.07) is -0.0554. The largest absolute Gasteiger partial charge is 0.466 e. The summed E-state index contributed by atoms with van der Waals surface area (Å²) in [5.74, 6) is -0.203. The molecule has 5 heteroatoms. The maximum atomic E-state index is 12.0. The summed E-state index contributed by atoms with van der Waals surface area (Å²) in [5.41, 5.74) is 0. The molecule has 0 aromatic carbocycles. The van der Waals surface area contributed by atoms with Crippen LogP contribution in [0.5, 0.6) is 0 Å². The number of carbonyl (C=O) groups excluding carboxylic acids is 2. The van der Waals surface area contributed by atoms with E-state index >= 15 is 0 Å². The van der Waals surface area contributed by atoms with E-state index in [1.807, 2.05) is 27.7 Å². The van der Waals surface area contributed by atoms with Crippen LogP contribution in [0.3, 0.4) is 0 Å². The smallest absolute Gasteiger partial charge is 0.310 e. The van der Waals surface area contributed by atoms with Gasteiger partial charge in [0.25, 0.3) is 0 Å². The van der Waals surface area contributed by atoms with Gasteiger partial charge in [0.2, 0.25) is 5.91 Å². The first-order chi connectivity index (χ1) is 8.95. The van der Waals surface area contributed by atoms with Crippen molar-refractivity contribution >= 4 is 11.9 Å². The highest BCUT2D eigenvalue weighted by molar-refractivity contribution is 5.81. The van der Waals surface area contributed by atoms with Crippen molar-refractivity contribution in [2.75, 3.05) is 19.7 Å².